The Balaban J connectivity index is 1.91. The van der Waals surface area contributed by atoms with Crippen LogP contribution in [0.25, 0.3) is 0 Å². The number of hydroxylamine groups is 1. The standard InChI is InChI=1S/C15H17NO3/c1-11(14-9-13(17)7-8-15(14)18)16-19-10-12-5-3-2-4-6-12/h2-9,11,16-18H,10H2,1H3. The quantitative estimate of drug-likeness (QED) is 0.570. The third-order valence-electron chi connectivity index (χ3n) is 2.82. The van der Waals surface area contributed by atoms with Crippen LogP contribution in [0.15, 0.2) is 48.5 Å². The number of benzene rings is 2. The van der Waals surface area contributed by atoms with Gasteiger partial charge in [0.1, 0.15) is 11.5 Å². The van der Waals surface area contributed by atoms with E-state index in [1.165, 1.54) is 18.2 Å². The first-order chi connectivity index (χ1) is 9.16. The molecule has 2 rings (SSSR count). The summed E-state index contributed by atoms with van der Waals surface area (Å²) in [7, 11) is 0. The van der Waals surface area contributed by atoms with Gasteiger partial charge in [0.15, 0.2) is 0 Å². The smallest absolute Gasteiger partial charge is 0.120 e. The Hall–Kier alpha value is -2.04. The lowest BCUT2D eigenvalue weighted by Crippen LogP contribution is -2.19. The maximum atomic E-state index is 9.72. The lowest BCUT2D eigenvalue weighted by Gasteiger charge is -2.15. The molecule has 100 valence electrons. The van der Waals surface area contributed by atoms with Gasteiger partial charge in [-0.1, -0.05) is 30.3 Å². The van der Waals surface area contributed by atoms with E-state index in [1.807, 2.05) is 37.3 Å². The van der Waals surface area contributed by atoms with Gasteiger partial charge in [-0.15, -0.1) is 0 Å². The van der Waals surface area contributed by atoms with Crippen LogP contribution in [0, 0.1) is 0 Å². The Morgan fingerprint density at radius 3 is 2.58 bits per heavy atom. The van der Waals surface area contributed by atoms with E-state index in [4.69, 9.17) is 4.84 Å². The van der Waals surface area contributed by atoms with Crippen molar-refractivity contribution in [3.8, 4) is 11.5 Å². The summed E-state index contributed by atoms with van der Waals surface area (Å²) in [6, 6.07) is 14.0. The Morgan fingerprint density at radius 2 is 1.84 bits per heavy atom. The minimum Gasteiger partial charge on any atom is -0.508 e. The summed E-state index contributed by atoms with van der Waals surface area (Å²) in [6.07, 6.45) is 0. The van der Waals surface area contributed by atoms with Crippen molar-refractivity contribution in [2.45, 2.75) is 19.6 Å². The summed E-state index contributed by atoms with van der Waals surface area (Å²) in [5, 5.41) is 19.1. The normalized spacial score (nSPS) is 12.3. The van der Waals surface area contributed by atoms with Crippen LogP contribution < -0.4 is 5.48 Å². The molecule has 1 unspecified atom stereocenters. The molecule has 4 nitrogen and oxygen atoms in total. The van der Waals surface area contributed by atoms with E-state index in [0.29, 0.717) is 12.2 Å². The van der Waals surface area contributed by atoms with Crippen molar-refractivity contribution in [1.82, 2.24) is 5.48 Å². The fraction of sp³-hybridized carbons (Fsp3) is 0.200. The largest absolute Gasteiger partial charge is 0.508 e. The van der Waals surface area contributed by atoms with Gasteiger partial charge in [0.2, 0.25) is 0 Å². The number of nitrogens with one attached hydrogen (secondary N) is 1. The zero-order chi connectivity index (χ0) is 13.7. The molecule has 0 aliphatic heterocycles. The van der Waals surface area contributed by atoms with Crippen LogP contribution in [0.3, 0.4) is 0 Å². The molecule has 0 fully saturated rings. The highest BCUT2D eigenvalue weighted by atomic mass is 16.6. The molecule has 0 aromatic heterocycles. The fourth-order valence-corrected chi connectivity index (χ4v) is 1.78. The maximum Gasteiger partial charge on any atom is 0.120 e. The molecule has 4 heteroatoms. The molecule has 0 spiro atoms. The average molecular weight is 259 g/mol. The predicted octanol–water partition coefficient (Wildman–Crippen LogP) is 2.88. The second kappa shape index (κ2) is 6.22. The molecule has 2 aromatic rings. The number of phenolic OH excluding ortho intramolecular Hbond substituents is 2. The van der Waals surface area contributed by atoms with Gasteiger partial charge in [-0.05, 0) is 30.7 Å². The van der Waals surface area contributed by atoms with Gasteiger partial charge in [-0.2, -0.15) is 5.48 Å². The minimum atomic E-state index is -0.226. The van der Waals surface area contributed by atoms with Crippen LogP contribution in [0.4, 0.5) is 0 Å². The summed E-state index contributed by atoms with van der Waals surface area (Å²) in [5.74, 6) is 0.241. The van der Waals surface area contributed by atoms with Crippen LogP contribution in [-0.2, 0) is 11.4 Å². The minimum absolute atomic E-state index is 0.115. The van der Waals surface area contributed by atoms with E-state index >= 15 is 0 Å². The van der Waals surface area contributed by atoms with E-state index in [1.54, 1.807) is 0 Å². The van der Waals surface area contributed by atoms with Gasteiger partial charge in [-0.3, -0.25) is 4.84 Å². The molecule has 19 heavy (non-hydrogen) atoms. The molecule has 0 heterocycles. The van der Waals surface area contributed by atoms with Gasteiger partial charge in [0.05, 0.1) is 12.6 Å². The van der Waals surface area contributed by atoms with Crippen molar-refractivity contribution in [3.63, 3.8) is 0 Å². The second-order valence-corrected chi connectivity index (χ2v) is 4.36. The molecule has 3 N–H and O–H groups in total. The van der Waals surface area contributed by atoms with E-state index in [2.05, 4.69) is 5.48 Å². The molecule has 0 saturated heterocycles. The number of hydrogen-bond acceptors (Lipinski definition) is 4. The van der Waals surface area contributed by atoms with Crippen LogP contribution in [0.1, 0.15) is 24.1 Å². The van der Waals surface area contributed by atoms with Gasteiger partial charge in [-0.25, -0.2) is 0 Å². The molecule has 1 atom stereocenters. The zero-order valence-electron chi connectivity index (χ0n) is 10.7. The number of phenols is 2. The maximum absolute atomic E-state index is 9.72. The summed E-state index contributed by atoms with van der Waals surface area (Å²) in [4.78, 5) is 5.39. The Bertz CT molecular complexity index is 528. The highest BCUT2D eigenvalue weighted by Gasteiger charge is 2.11. The summed E-state index contributed by atoms with van der Waals surface area (Å²) < 4.78 is 0. The zero-order valence-corrected chi connectivity index (χ0v) is 10.7. The molecule has 2 aromatic carbocycles. The molecule has 0 saturated carbocycles. The summed E-state index contributed by atoms with van der Waals surface area (Å²) >= 11 is 0. The Kier molecular flexibility index (Phi) is 4.39. The van der Waals surface area contributed by atoms with E-state index in [9.17, 15) is 10.2 Å². The molecule has 0 bridgehead atoms. The van der Waals surface area contributed by atoms with Crippen LogP contribution in [-0.4, -0.2) is 10.2 Å². The predicted molar refractivity (Wildman–Crippen MR) is 72.6 cm³/mol. The Morgan fingerprint density at radius 1 is 1.11 bits per heavy atom. The van der Waals surface area contributed by atoms with Gasteiger partial charge in [0, 0.05) is 5.56 Å². The van der Waals surface area contributed by atoms with E-state index in [0.717, 1.165) is 5.56 Å². The first kappa shape index (κ1) is 13.4. The number of rotatable bonds is 5. The molecule has 0 aliphatic rings. The third kappa shape index (κ3) is 3.71. The Labute approximate surface area is 112 Å². The topological polar surface area (TPSA) is 61.7 Å². The van der Waals surface area contributed by atoms with E-state index < -0.39 is 0 Å². The first-order valence-corrected chi connectivity index (χ1v) is 6.10. The molecular formula is C15H17NO3. The van der Waals surface area contributed by atoms with Crippen molar-refractivity contribution in [3.05, 3.63) is 59.7 Å². The molecule has 0 aliphatic carbocycles. The molecular weight excluding hydrogens is 242 g/mol. The van der Waals surface area contributed by atoms with Crippen molar-refractivity contribution in [2.75, 3.05) is 0 Å². The third-order valence-corrected chi connectivity index (χ3v) is 2.82. The second-order valence-electron chi connectivity index (χ2n) is 4.36. The summed E-state index contributed by atoms with van der Waals surface area (Å²) in [5.41, 5.74) is 4.49. The number of hydrogen-bond donors (Lipinski definition) is 3. The van der Waals surface area contributed by atoms with Crippen LogP contribution in [0.2, 0.25) is 0 Å². The average Bonchev–Trinajstić information content (AvgIpc) is 2.42. The van der Waals surface area contributed by atoms with Gasteiger partial charge in [0.25, 0.3) is 0 Å². The first-order valence-electron chi connectivity index (χ1n) is 6.10. The molecule has 0 amide bonds. The summed E-state index contributed by atoms with van der Waals surface area (Å²) in [6.45, 7) is 2.28. The highest BCUT2D eigenvalue weighted by Crippen LogP contribution is 2.27. The molecule has 0 radical (unpaired) electrons. The van der Waals surface area contributed by atoms with Crippen LogP contribution in [0.5, 0.6) is 11.5 Å². The fourth-order valence-electron chi connectivity index (χ4n) is 1.78. The number of aromatic hydroxyl groups is 2. The van der Waals surface area contributed by atoms with Gasteiger partial charge >= 0.3 is 0 Å². The lowest BCUT2D eigenvalue weighted by molar-refractivity contribution is 0.00651. The lowest BCUT2D eigenvalue weighted by atomic mass is 10.1. The monoisotopic (exact) mass is 259 g/mol. The van der Waals surface area contributed by atoms with Gasteiger partial charge < -0.3 is 10.2 Å². The highest BCUT2D eigenvalue weighted by molar-refractivity contribution is 5.40. The van der Waals surface area contributed by atoms with Crippen molar-refractivity contribution in [1.29, 1.82) is 0 Å². The van der Waals surface area contributed by atoms with E-state index in [-0.39, 0.29) is 17.5 Å². The van der Waals surface area contributed by atoms with Crippen LogP contribution >= 0.6 is 0 Å². The van der Waals surface area contributed by atoms with Crippen molar-refractivity contribution >= 4 is 0 Å². The van der Waals surface area contributed by atoms with Crippen molar-refractivity contribution in [2.24, 2.45) is 0 Å². The SMILES string of the molecule is CC(NOCc1ccccc1)c1cc(O)ccc1O. The van der Waals surface area contributed by atoms with Crippen molar-refractivity contribution < 1.29 is 15.1 Å².